The molecule has 1 atom stereocenters. The highest BCUT2D eigenvalue weighted by Crippen LogP contribution is 2.11. The highest BCUT2D eigenvalue weighted by Gasteiger charge is 2.15. The molecule has 1 unspecified atom stereocenters. The number of imidazole rings is 1. The maximum atomic E-state index is 12.1. The standard InChI is InChI=1S/C15H19N3O3/c1-2-5-11(8-15(20)21)17-14(19)9-18-10-16-12-6-3-4-7-13(12)18/h3-4,6-7,10-11H,2,5,8-9H2,1H3,(H,17,19)(H,20,21). The Kier molecular flexibility index (Phi) is 4.92. The summed E-state index contributed by atoms with van der Waals surface area (Å²) in [5.41, 5.74) is 1.72. The molecule has 2 N–H and O–H groups in total. The fourth-order valence-corrected chi connectivity index (χ4v) is 2.35. The third-order valence-electron chi connectivity index (χ3n) is 3.26. The minimum atomic E-state index is -0.901. The molecular weight excluding hydrogens is 270 g/mol. The van der Waals surface area contributed by atoms with Crippen molar-refractivity contribution in [2.75, 3.05) is 0 Å². The molecule has 1 aromatic carbocycles. The minimum Gasteiger partial charge on any atom is -0.481 e. The quantitative estimate of drug-likeness (QED) is 0.814. The number of hydrogen-bond donors (Lipinski definition) is 2. The summed E-state index contributed by atoms with van der Waals surface area (Å²) < 4.78 is 1.76. The summed E-state index contributed by atoms with van der Waals surface area (Å²) in [5, 5.41) is 11.6. The summed E-state index contributed by atoms with van der Waals surface area (Å²) in [5.74, 6) is -1.10. The number of hydrogen-bond acceptors (Lipinski definition) is 3. The molecule has 0 aliphatic carbocycles. The van der Waals surface area contributed by atoms with Gasteiger partial charge in [-0.1, -0.05) is 25.5 Å². The van der Waals surface area contributed by atoms with E-state index in [4.69, 9.17) is 5.11 Å². The van der Waals surface area contributed by atoms with Crippen LogP contribution in [0.15, 0.2) is 30.6 Å². The fraction of sp³-hybridized carbons (Fsp3) is 0.400. The van der Waals surface area contributed by atoms with E-state index in [2.05, 4.69) is 10.3 Å². The Morgan fingerprint density at radius 1 is 1.38 bits per heavy atom. The lowest BCUT2D eigenvalue weighted by molar-refractivity contribution is -0.137. The molecule has 2 rings (SSSR count). The number of carbonyl (C=O) groups excluding carboxylic acids is 1. The van der Waals surface area contributed by atoms with Crippen LogP contribution < -0.4 is 5.32 Å². The van der Waals surface area contributed by atoms with E-state index in [1.54, 1.807) is 10.9 Å². The molecule has 0 bridgehead atoms. The van der Waals surface area contributed by atoms with Crippen molar-refractivity contribution in [2.45, 2.75) is 38.8 Å². The lowest BCUT2D eigenvalue weighted by atomic mass is 10.1. The third kappa shape index (κ3) is 4.05. The van der Waals surface area contributed by atoms with Gasteiger partial charge < -0.3 is 15.0 Å². The molecule has 0 aliphatic heterocycles. The first-order chi connectivity index (χ1) is 10.1. The maximum Gasteiger partial charge on any atom is 0.305 e. The molecule has 0 fully saturated rings. The second-order valence-electron chi connectivity index (χ2n) is 5.01. The molecule has 1 aromatic heterocycles. The van der Waals surface area contributed by atoms with Crippen molar-refractivity contribution in [1.29, 1.82) is 0 Å². The van der Waals surface area contributed by atoms with Gasteiger partial charge in [-0.25, -0.2) is 4.98 Å². The number of aromatic nitrogens is 2. The molecule has 6 heteroatoms. The summed E-state index contributed by atoms with van der Waals surface area (Å²) in [6.45, 7) is 2.10. The molecule has 6 nitrogen and oxygen atoms in total. The number of carbonyl (C=O) groups is 2. The lowest BCUT2D eigenvalue weighted by Crippen LogP contribution is -2.38. The lowest BCUT2D eigenvalue weighted by Gasteiger charge is -2.16. The zero-order chi connectivity index (χ0) is 15.2. The van der Waals surface area contributed by atoms with E-state index >= 15 is 0 Å². The van der Waals surface area contributed by atoms with Crippen LogP contribution in [0.25, 0.3) is 11.0 Å². The highest BCUT2D eigenvalue weighted by molar-refractivity contribution is 5.81. The Bertz CT molecular complexity index is 636. The van der Waals surface area contributed by atoms with Crippen LogP contribution >= 0.6 is 0 Å². The zero-order valence-electron chi connectivity index (χ0n) is 12.0. The van der Waals surface area contributed by atoms with Gasteiger partial charge in [0.15, 0.2) is 0 Å². The molecule has 1 heterocycles. The number of aliphatic carboxylic acids is 1. The molecule has 0 spiro atoms. The van der Waals surface area contributed by atoms with Crippen LogP contribution in [0.1, 0.15) is 26.2 Å². The number of carboxylic acids is 1. The third-order valence-corrected chi connectivity index (χ3v) is 3.26. The monoisotopic (exact) mass is 289 g/mol. The molecule has 0 aliphatic rings. The van der Waals surface area contributed by atoms with Crippen LogP contribution in [0.3, 0.4) is 0 Å². The fourth-order valence-electron chi connectivity index (χ4n) is 2.35. The van der Waals surface area contributed by atoms with Gasteiger partial charge in [0.25, 0.3) is 0 Å². The normalized spacial score (nSPS) is 12.2. The zero-order valence-corrected chi connectivity index (χ0v) is 12.0. The summed E-state index contributed by atoms with van der Waals surface area (Å²) in [6.07, 6.45) is 3.05. The molecular formula is C15H19N3O3. The Labute approximate surface area is 122 Å². The van der Waals surface area contributed by atoms with Crippen LogP contribution in [0.2, 0.25) is 0 Å². The van der Waals surface area contributed by atoms with Crippen molar-refractivity contribution < 1.29 is 14.7 Å². The van der Waals surface area contributed by atoms with Crippen LogP contribution in [-0.2, 0) is 16.1 Å². The second kappa shape index (κ2) is 6.88. The average Bonchev–Trinajstić information content (AvgIpc) is 2.82. The van der Waals surface area contributed by atoms with Crippen LogP contribution in [0.5, 0.6) is 0 Å². The van der Waals surface area contributed by atoms with E-state index in [1.165, 1.54) is 0 Å². The van der Waals surface area contributed by atoms with E-state index in [9.17, 15) is 9.59 Å². The van der Waals surface area contributed by atoms with Gasteiger partial charge in [-0.3, -0.25) is 9.59 Å². The minimum absolute atomic E-state index is 0.0513. The molecule has 0 radical (unpaired) electrons. The first kappa shape index (κ1) is 15.0. The second-order valence-corrected chi connectivity index (χ2v) is 5.01. The first-order valence-electron chi connectivity index (χ1n) is 7.01. The summed E-state index contributed by atoms with van der Waals surface area (Å²) in [4.78, 5) is 27.1. The predicted octanol–water partition coefficient (Wildman–Crippen LogP) is 1.80. The van der Waals surface area contributed by atoms with E-state index < -0.39 is 5.97 Å². The molecule has 0 saturated carbocycles. The van der Waals surface area contributed by atoms with Gasteiger partial charge >= 0.3 is 5.97 Å². The Morgan fingerprint density at radius 3 is 2.86 bits per heavy atom. The summed E-state index contributed by atoms with van der Waals surface area (Å²) >= 11 is 0. The van der Waals surface area contributed by atoms with Crippen LogP contribution in [0, 0.1) is 0 Å². The molecule has 1 amide bonds. The van der Waals surface area contributed by atoms with Gasteiger partial charge in [0.1, 0.15) is 6.54 Å². The van der Waals surface area contributed by atoms with E-state index in [0.717, 1.165) is 17.5 Å². The molecule has 0 saturated heterocycles. The SMILES string of the molecule is CCCC(CC(=O)O)NC(=O)Cn1cnc2ccccc21. The number of carboxylic acid groups (broad SMARTS) is 1. The number of benzene rings is 1. The number of amides is 1. The topological polar surface area (TPSA) is 84.2 Å². The van der Waals surface area contributed by atoms with E-state index in [1.807, 2.05) is 31.2 Å². The number of fused-ring (bicyclic) bond motifs is 1. The number of para-hydroxylation sites is 2. The average molecular weight is 289 g/mol. The number of nitrogens with zero attached hydrogens (tertiary/aromatic N) is 2. The largest absolute Gasteiger partial charge is 0.481 e. The van der Waals surface area contributed by atoms with Gasteiger partial charge in [-0.05, 0) is 18.6 Å². The first-order valence-corrected chi connectivity index (χ1v) is 7.01. The highest BCUT2D eigenvalue weighted by atomic mass is 16.4. The smallest absolute Gasteiger partial charge is 0.305 e. The van der Waals surface area contributed by atoms with Crippen molar-refractivity contribution in [1.82, 2.24) is 14.9 Å². The van der Waals surface area contributed by atoms with Crippen molar-refractivity contribution >= 4 is 22.9 Å². The Hall–Kier alpha value is -2.37. The van der Waals surface area contributed by atoms with Gasteiger partial charge in [-0.15, -0.1) is 0 Å². The molecule has 21 heavy (non-hydrogen) atoms. The van der Waals surface area contributed by atoms with Gasteiger partial charge in [0.2, 0.25) is 5.91 Å². The molecule has 2 aromatic rings. The van der Waals surface area contributed by atoms with Crippen molar-refractivity contribution in [3.63, 3.8) is 0 Å². The van der Waals surface area contributed by atoms with Gasteiger partial charge in [-0.2, -0.15) is 0 Å². The van der Waals surface area contributed by atoms with Gasteiger partial charge in [0.05, 0.1) is 23.8 Å². The van der Waals surface area contributed by atoms with E-state index in [0.29, 0.717) is 6.42 Å². The van der Waals surface area contributed by atoms with Crippen molar-refractivity contribution in [2.24, 2.45) is 0 Å². The summed E-state index contributed by atoms with van der Waals surface area (Å²) in [7, 11) is 0. The van der Waals surface area contributed by atoms with Crippen molar-refractivity contribution in [3.05, 3.63) is 30.6 Å². The number of rotatable bonds is 7. The number of nitrogens with one attached hydrogen (secondary N) is 1. The Morgan fingerprint density at radius 2 is 2.14 bits per heavy atom. The maximum absolute atomic E-state index is 12.1. The van der Waals surface area contributed by atoms with Gasteiger partial charge in [0, 0.05) is 6.04 Å². The summed E-state index contributed by atoms with van der Waals surface area (Å²) in [6, 6.07) is 7.24. The van der Waals surface area contributed by atoms with Crippen molar-refractivity contribution in [3.8, 4) is 0 Å². The van der Waals surface area contributed by atoms with Crippen LogP contribution in [0.4, 0.5) is 0 Å². The Balaban J connectivity index is 2.01. The molecule has 112 valence electrons. The van der Waals surface area contributed by atoms with E-state index in [-0.39, 0.29) is 24.9 Å². The van der Waals surface area contributed by atoms with Crippen LogP contribution in [-0.4, -0.2) is 32.6 Å². The predicted molar refractivity (Wildman–Crippen MR) is 78.8 cm³/mol.